The zero-order valence-corrected chi connectivity index (χ0v) is 16.9. The van der Waals surface area contributed by atoms with Crippen LogP contribution < -0.4 is 10.0 Å². The molecule has 2 aromatic rings. The van der Waals surface area contributed by atoms with Crippen LogP contribution in [-0.2, 0) is 27.4 Å². The van der Waals surface area contributed by atoms with Crippen LogP contribution in [0.15, 0.2) is 53.4 Å². The summed E-state index contributed by atoms with van der Waals surface area (Å²) in [7, 11) is -3.57. The second-order valence-electron chi connectivity index (χ2n) is 7.01. The van der Waals surface area contributed by atoms with Gasteiger partial charge in [0.05, 0.1) is 10.5 Å². The minimum atomic E-state index is -4.42. The molecule has 9 heteroatoms. The number of amides is 1. The van der Waals surface area contributed by atoms with Crippen LogP contribution in [0.25, 0.3) is 0 Å². The van der Waals surface area contributed by atoms with E-state index in [1.165, 1.54) is 24.3 Å². The molecule has 0 unspecified atom stereocenters. The molecule has 2 rings (SSSR count). The number of sulfonamides is 1. The zero-order valence-electron chi connectivity index (χ0n) is 16.1. The van der Waals surface area contributed by atoms with E-state index in [0.29, 0.717) is 13.0 Å². The molecule has 0 aliphatic heterocycles. The van der Waals surface area contributed by atoms with E-state index in [9.17, 15) is 26.4 Å². The minimum absolute atomic E-state index is 0.110. The van der Waals surface area contributed by atoms with Crippen LogP contribution in [0.4, 0.5) is 18.9 Å². The van der Waals surface area contributed by atoms with Crippen molar-refractivity contribution in [3.63, 3.8) is 0 Å². The van der Waals surface area contributed by atoms with Gasteiger partial charge in [-0.1, -0.05) is 26.0 Å². The fourth-order valence-corrected chi connectivity index (χ4v) is 3.63. The molecule has 0 aliphatic carbocycles. The van der Waals surface area contributed by atoms with Crippen LogP contribution in [0.5, 0.6) is 0 Å². The van der Waals surface area contributed by atoms with E-state index >= 15 is 0 Å². The van der Waals surface area contributed by atoms with Gasteiger partial charge < -0.3 is 5.32 Å². The summed E-state index contributed by atoms with van der Waals surface area (Å²) >= 11 is 0. The Bertz CT molecular complexity index is 923. The first-order chi connectivity index (χ1) is 13.5. The molecule has 2 aromatic carbocycles. The number of aryl methyl sites for hydroxylation is 1. The smallest absolute Gasteiger partial charge is 0.326 e. The van der Waals surface area contributed by atoms with Gasteiger partial charge in [-0.25, -0.2) is 13.1 Å². The highest BCUT2D eigenvalue weighted by molar-refractivity contribution is 7.89. The van der Waals surface area contributed by atoms with Gasteiger partial charge in [0.25, 0.3) is 0 Å². The highest BCUT2D eigenvalue weighted by atomic mass is 32.2. The first-order valence-electron chi connectivity index (χ1n) is 9.03. The predicted molar refractivity (Wildman–Crippen MR) is 105 cm³/mol. The van der Waals surface area contributed by atoms with Gasteiger partial charge in [-0.15, -0.1) is 0 Å². The summed E-state index contributed by atoms with van der Waals surface area (Å²) in [5, 5.41) is 2.54. The lowest BCUT2D eigenvalue weighted by atomic mass is 10.1. The highest BCUT2D eigenvalue weighted by Gasteiger charge is 2.29. The molecule has 1 amide bonds. The number of hydrogen-bond donors (Lipinski definition) is 2. The van der Waals surface area contributed by atoms with Crippen LogP contribution in [0.1, 0.15) is 31.4 Å². The van der Waals surface area contributed by atoms with Crippen molar-refractivity contribution in [2.24, 2.45) is 5.92 Å². The molecule has 0 saturated heterocycles. The fraction of sp³-hybridized carbons (Fsp3) is 0.350. The molecule has 0 aliphatic rings. The van der Waals surface area contributed by atoms with Gasteiger partial charge in [0.15, 0.2) is 0 Å². The summed E-state index contributed by atoms with van der Waals surface area (Å²) in [6.07, 6.45) is -3.95. The van der Waals surface area contributed by atoms with Crippen molar-refractivity contribution in [2.45, 2.75) is 37.8 Å². The fourth-order valence-electron chi connectivity index (χ4n) is 2.42. The largest absolute Gasteiger partial charge is 0.416 e. The van der Waals surface area contributed by atoms with Crippen molar-refractivity contribution in [1.82, 2.24) is 4.72 Å². The number of hydrogen-bond acceptors (Lipinski definition) is 3. The molecule has 0 saturated carbocycles. The van der Waals surface area contributed by atoms with Gasteiger partial charge in [0.1, 0.15) is 0 Å². The minimum Gasteiger partial charge on any atom is -0.326 e. The molecule has 0 bridgehead atoms. The van der Waals surface area contributed by atoms with Crippen LogP contribution >= 0.6 is 0 Å². The number of nitrogens with one attached hydrogen (secondary N) is 2. The monoisotopic (exact) mass is 428 g/mol. The summed E-state index contributed by atoms with van der Waals surface area (Å²) in [5.41, 5.74) is 0.268. The van der Waals surface area contributed by atoms with Gasteiger partial charge >= 0.3 is 6.18 Å². The summed E-state index contributed by atoms with van der Waals surface area (Å²) in [4.78, 5) is 12.2. The normalized spacial score (nSPS) is 12.2. The molecular formula is C20H23F3N2O3S. The Morgan fingerprint density at radius 3 is 2.10 bits per heavy atom. The predicted octanol–water partition coefficient (Wildman–Crippen LogP) is 4.21. The van der Waals surface area contributed by atoms with Crippen molar-refractivity contribution in [1.29, 1.82) is 0 Å². The molecule has 0 spiro atoms. The van der Waals surface area contributed by atoms with Crippen LogP contribution in [-0.4, -0.2) is 20.9 Å². The lowest BCUT2D eigenvalue weighted by molar-refractivity contribution is -0.137. The number of carbonyl (C=O) groups is 1. The second-order valence-corrected chi connectivity index (χ2v) is 8.78. The topological polar surface area (TPSA) is 75.3 Å². The maximum absolute atomic E-state index is 12.5. The van der Waals surface area contributed by atoms with Crippen molar-refractivity contribution < 1.29 is 26.4 Å². The molecule has 158 valence electrons. The number of halogens is 3. The Morgan fingerprint density at radius 1 is 1.00 bits per heavy atom. The Hall–Kier alpha value is -2.39. The van der Waals surface area contributed by atoms with E-state index in [1.54, 1.807) is 12.1 Å². The van der Waals surface area contributed by atoms with Gasteiger partial charge in [-0.3, -0.25) is 4.79 Å². The Balaban J connectivity index is 1.89. The first kappa shape index (κ1) is 22.9. The third kappa shape index (κ3) is 7.17. The third-order valence-electron chi connectivity index (χ3n) is 4.05. The zero-order chi connectivity index (χ0) is 21.7. The molecular weight excluding hydrogens is 405 g/mol. The lowest BCUT2D eigenvalue weighted by Crippen LogP contribution is -2.27. The van der Waals surface area contributed by atoms with Crippen LogP contribution in [0, 0.1) is 5.92 Å². The van der Waals surface area contributed by atoms with Crippen molar-refractivity contribution in [2.75, 3.05) is 11.9 Å². The van der Waals surface area contributed by atoms with E-state index < -0.39 is 21.8 Å². The molecule has 0 heterocycles. The standard InChI is InChI=1S/C20H23F3N2O3S/c1-14(2)13-24-29(27,28)18-10-3-15(4-11-18)5-12-19(26)25-17-8-6-16(7-9-17)20(21,22)23/h3-4,6-11,14,24H,5,12-13H2,1-2H3,(H,25,26). The number of anilines is 1. The van der Waals surface area contributed by atoms with E-state index in [0.717, 1.165) is 17.7 Å². The van der Waals surface area contributed by atoms with Gasteiger partial charge in [0.2, 0.25) is 15.9 Å². The third-order valence-corrected chi connectivity index (χ3v) is 5.49. The molecule has 2 N–H and O–H groups in total. The molecule has 0 atom stereocenters. The van der Waals surface area contributed by atoms with Gasteiger partial charge in [-0.05, 0) is 54.3 Å². The summed E-state index contributed by atoms with van der Waals surface area (Å²) in [5.74, 6) is -0.160. The summed E-state index contributed by atoms with van der Waals surface area (Å²) < 4.78 is 64.5. The Labute approximate surface area is 168 Å². The van der Waals surface area contributed by atoms with E-state index in [-0.39, 0.29) is 28.8 Å². The number of rotatable bonds is 8. The summed E-state index contributed by atoms with van der Waals surface area (Å²) in [6, 6.07) is 10.4. The molecule has 29 heavy (non-hydrogen) atoms. The average Bonchev–Trinajstić information content (AvgIpc) is 2.65. The van der Waals surface area contributed by atoms with Gasteiger partial charge in [-0.2, -0.15) is 13.2 Å². The Morgan fingerprint density at radius 2 is 1.59 bits per heavy atom. The molecule has 0 aromatic heterocycles. The number of benzene rings is 2. The molecule has 5 nitrogen and oxygen atoms in total. The number of alkyl halides is 3. The maximum Gasteiger partial charge on any atom is 0.416 e. The highest BCUT2D eigenvalue weighted by Crippen LogP contribution is 2.29. The van der Waals surface area contributed by atoms with Gasteiger partial charge in [0, 0.05) is 18.7 Å². The quantitative estimate of drug-likeness (QED) is 0.661. The van der Waals surface area contributed by atoms with E-state index in [1.807, 2.05) is 13.8 Å². The average molecular weight is 428 g/mol. The molecule has 0 fully saturated rings. The van der Waals surface area contributed by atoms with E-state index in [4.69, 9.17) is 0 Å². The van der Waals surface area contributed by atoms with Crippen molar-refractivity contribution >= 4 is 21.6 Å². The van der Waals surface area contributed by atoms with Crippen LogP contribution in [0.2, 0.25) is 0 Å². The maximum atomic E-state index is 12.5. The van der Waals surface area contributed by atoms with E-state index in [2.05, 4.69) is 10.0 Å². The summed E-state index contributed by atoms with van der Waals surface area (Å²) in [6.45, 7) is 4.15. The SMILES string of the molecule is CC(C)CNS(=O)(=O)c1ccc(CCC(=O)Nc2ccc(C(F)(F)F)cc2)cc1. The first-order valence-corrected chi connectivity index (χ1v) is 10.5. The van der Waals surface area contributed by atoms with Crippen LogP contribution in [0.3, 0.4) is 0 Å². The van der Waals surface area contributed by atoms with Crippen molar-refractivity contribution in [3.05, 3.63) is 59.7 Å². The number of carbonyl (C=O) groups excluding carboxylic acids is 1. The molecule has 0 radical (unpaired) electrons. The lowest BCUT2D eigenvalue weighted by Gasteiger charge is -2.10. The second kappa shape index (κ2) is 9.41. The Kier molecular flexibility index (Phi) is 7.43. The van der Waals surface area contributed by atoms with Crippen molar-refractivity contribution in [3.8, 4) is 0 Å².